The highest BCUT2D eigenvalue weighted by molar-refractivity contribution is 5.84. The Morgan fingerprint density at radius 3 is 2.71 bits per heavy atom. The first-order valence-electron chi connectivity index (χ1n) is 4.98. The molecular weight excluding hydrogens is 174 g/mol. The summed E-state index contributed by atoms with van der Waals surface area (Å²) in [4.78, 5) is 0. The van der Waals surface area contributed by atoms with Gasteiger partial charge in [-0.15, -0.1) is 0 Å². The van der Waals surface area contributed by atoms with Crippen molar-refractivity contribution in [1.29, 1.82) is 0 Å². The third-order valence-electron chi connectivity index (χ3n) is 2.83. The molecule has 1 aliphatic rings. The maximum absolute atomic E-state index is 9.50. The van der Waals surface area contributed by atoms with Gasteiger partial charge in [0, 0.05) is 10.3 Å². The van der Waals surface area contributed by atoms with Gasteiger partial charge in [0.25, 0.3) is 0 Å². The van der Waals surface area contributed by atoms with Crippen molar-refractivity contribution in [2.24, 2.45) is 0 Å². The summed E-state index contributed by atoms with van der Waals surface area (Å²) in [6.07, 6.45) is 6.10. The molecule has 2 nitrogen and oxygen atoms in total. The predicted octanol–water partition coefficient (Wildman–Crippen LogP) is 2.24. The third kappa shape index (κ3) is 1.15. The largest absolute Gasteiger partial charge is 0.285 e. The maximum atomic E-state index is 9.50. The fraction of sp³-hybridized carbons (Fsp3) is 0.250. The highest BCUT2D eigenvalue weighted by Gasteiger charge is 2.28. The molecule has 0 amide bonds. The van der Waals surface area contributed by atoms with Crippen LogP contribution in [0.2, 0.25) is 0 Å². The van der Waals surface area contributed by atoms with Gasteiger partial charge in [0.1, 0.15) is 0 Å². The topological polar surface area (TPSA) is 24.1 Å². The summed E-state index contributed by atoms with van der Waals surface area (Å²) >= 11 is 0. The summed E-state index contributed by atoms with van der Waals surface area (Å²) in [5, 5.41) is 11.9. The minimum atomic E-state index is 0.666. The van der Waals surface area contributed by atoms with Crippen LogP contribution in [-0.4, -0.2) is 5.21 Å². The second-order valence-corrected chi connectivity index (χ2v) is 3.96. The molecule has 1 saturated carbocycles. The minimum absolute atomic E-state index is 0.666. The number of fused-ring (bicyclic) bond motifs is 1. The van der Waals surface area contributed by atoms with Crippen molar-refractivity contribution in [3.8, 4) is 0 Å². The van der Waals surface area contributed by atoms with E-state index >= 15 is 0 Å². The lowest BCUT2D eigenvalue weighted by molar-refractivity contribution is -0.904. The molecule has 1 aliphatic carbocycles. The van der Waals surface area contributed by atoms with E-state index < -0.39 is 0 Å². The molecule has 0 bridgehead atoms. The molecule has 1 aromatic heterocycles. The van der Waals surface area contributed by atoms with Gasteiger partial charge >= 0.3 is 0 Å². The summed E-state index contributed by atoms with van der Waals surface area (Å²) in [6, 6.07) is 8.21. The molecule has 0 radical (unpaired) electrons. The molecule has 2 heteroatoms. The molecule has 1 aromatic carbocycles. The van der Waals surface area contributed by atoms with Gasteiger partial charge in [0.15, 0.2) is 0 Å². The second-order valence-electron chi connectivity index (χ2n) is 3.96. The standard InChI is InChI=1S/C12H12NO/c14-13-7-10-3-1-2-4-11(10)12(8-13)9-5-6-9/h1-4,7-9,14H,5-6H2/q+1. The van der Waals surface area contributed by atoms with Crippen LogP contribution in [0.5, 0.6) is 0 Å². The third-order valence-corrected chi connectivity index (χ3v) is 2.83. The first-order valence-corrected chi connectivity index (χ1v) is 4.98. The molecule has 0 atom stereocenters. The van der Waals surface area contributed by atoms with Crippen molar-refractivity contribution in [2.75, 3.05) is 0 Å². The van der Waals surface area contributed by atoms with E-state index in [1.165, 1.54) is 28.5 Å². The van der Waals surface area contributed by atoms with Crippen LogP contribution < -0.4 is 4.73 Å². The van der Waals surface area contributed by atoms with Gasteiger partial charge in [0.2, 0.25) is 12.4 Å². The van der Waals surface area contributed by atoms with Crippen LogP contribution in [0, 0.1) is 0 Å². The summed E-state index contributed by atoms with van der Waals surface area (Å²) in [5.74, 6) is 0.666. The zero-order valence-electron chi connectivity index (χ0n) is 7.85. The van der Waals surface area contributed by atoms with Crippen molar-refractivity contribution in [2.45, 2.75) is 18.8 Å². The van der Waals surface area contributed by atoms with Gasteiger partial charge in [-0.25, -0.2) is 0 Å². The Labute approximate surface area is 82.4 Å². The number of rotatable bonds is 1. The monoisotopic (exact) mass is 186 g/mol. The van der Waals surface area contributed by atoms with Crippen molar-refractivity contribution >= 4 is 10.8 Å². The van der Waals surface area contributed by atoms with E-state index in [0.29, 0.717) is 5.92 Å². The van der Waals surface area contributed by atoms with Crippen LogP contribution >= 0.6 is 0 Å². The second kappa shape index (κ2) is 2.71. The van der Waals surface area contributed by atoms with E-state index in [9.17, 15) is 5.21 Å². The molecule has 0 saturated heterocycles. The first kappa shape index (κ1) is 7.80. The molecule has 70 valence electrons. The molecule has 3 rings (SSSR count). The number of benzene rings is 1. The summed E-state index contributed by atoms with van der Waals surface area (Å²) in [5.41, 5.74) is 1.28. The number of hydrogen-bond donors (Lipinski definition) is 1. The molecular formula is C12H12NO+. The first-order chi connectivity index (χ1) is 6.84. The average Bonchev–Trinajstić information content (AvgIpc) is 2.99. The Bertz CT molecular complexity index is 489. The van der Waals surface area contributed by atoms with E-state index in [2.05, 4.69) is 12.1 Å². The van der Waals surface area contributed by atoms with E-state index in [1.807, 2.05) is 18.3 Å². The van der Waals surface area contributed by atoms with Crippen LogP contribution in [0.25, 0.3) is 10.8 Å². The molecule has 1 N–H and O–H groups in total. The smallest absolute Gasteiger partial charge is 0.230 e. The van der Waals surface area contributed by atoms with E-state index in [1.54, 1.807) is 6.20 Å². The van der Waals surface area contributed by atoms with E-state index in [-0.39, 0.29) is 0 Å². The van der Waals surface area contributed by atoms with Crippen molar-refractivity contribution in [3.05, 3.63) is 42.2 Å². The van der Waals surface area contributed by atoms with Gasteiger partial charge < -0.3 is 0 Å². The van der Waals surface area contributed by atoms with Crippen LogP contribution in [0.4, 0.5) is 0 Å². The van der Waals surface area contributed by atoms with Gasteiger partial charge in [-0.1, -0.05) is 18.2 Å². The zero-order chi connectivity index (χ0) is 9.54. The molecule has 1 fully saturated rings. The molecule has 2 aromatic rings. The number of nitrogens with zero attached hydrogens (tertiary/aromatic N) is 1. The Balaban J connectivity index is 2.34. The lowest BCUT2D eigenvalue weighted by Crippen LogP contribution is -2.29. The molecule has 0 spiro atoms. The quantitative estimate of drug-likeness (QED) is 0.536. The van der Waals surface area contributed by atoms with Gasteiger partial charge in [-0.3, -0.25) is 5.21 Å². The van der Waals surface area contributed by atoms with E-state index in [4.69, 9.17) is 0 Å². The Hall–Kier alpha value is -1.57. The molecule has 14 heavy (non-hydrogen) atoms. The summed E-state index contributed by atoms with van der Waals surface area (Å²) < 4.78 is 1.18. The maximum Gasteiger partial charge on any atom is 0.230 e. The fourth-order valence-corrected chi connectivity index (χ4v) is 1.98. The average molecular weight is 186 g/mol. The molecule has 0 aliphatic heterocycles. The highest BCUT2D eigenvalue weighted by Crippen LogP contribution is 2.42. The Kier molecular flexibility index (Phi) is 1.51. The molecule has 1 heterocycles. The van der Waals surface area contributed by atoms with Crippen LogP contribution in [-0.2, 0) is 0 Å². The lowest BCUT2D eigenvalue weighted by Gasteiger charge is -2.00. The normalized spacial score (nSPS) is 16.0. The number of aromatic nitrogens is 1. The van der Waals surface area contributed by atoms with Crippen LogP contribution in [0.15, 0.2) is 36.7 Å². The minimum Gasteiger partial charge on any atom is -0.285 e. The fourth-order valence-electron chi connectivity index (χ4n) is 1.98. The predicted molar refractivity (Wildman–Crippen MR) is 53.3 cm³/mol. The van der Waals surface area contributed by atoms with E-state index in [0.717, 1.165) is 5.39 Å². The summed E-state index contributed by atoms with van der Waals surface area (Å²) in [6.45, 7) is 0. The number of hydrogen-bond acceptors (Lipinski definition) is 1. The van der Waals surface area contributed by atoms with Crippen LogP contribution in [0.3, 0.4) is 0 Å². The van der Waals surface area contributed by atoms with Gasteiger partial charge in [-0.2, -0.15) is 0 Å². The van der Waals surface area contributed by atoms with Crippen molar-refractivity contribution < 1.29 is 9.94 Å². The Morgan fingerprint density at radius 1 is 1.14 bits per heavy atom. The SMILES string of the molecule is O[n+]1cc(C2CC2)c2ccccc2c1. The summed E-state index contributed by atoms with van der Waals surface area (Å²) in [7, 11) is 0. The van der Waals surface area contributed by atoms with Crippen molar-refractivity contribution in [3.63, 3.8) is 0 Å². The highest BCUT2D eigenvalue weighted by atomic mass is 16.5. The Morgan fingerprint density at radius 2 is 1.93 bits per heavy atom. The molecule has 0 unspecified atom stereocenters. The van der Waals surface area contributed by atoms with Crippen LogP contribution in [0.1, 0.15) is 24.3 Å². The van der Waals surface area contributed by atoms with Crippen molar-refractivity contribution in [1.82, 2.24) is 0 Å². The van der Waals surface area contributed by atoms with Gasteiger partial charge in [0.05, 0.1) is 5.39 Å². The van der Waals surface area contributed by atoms with Gasteiger partial charge in [-0.05, 0) is 30.2 Å². The number of pyridine rings is 1. The zero-order valence-corrected chi connectivity index (χ0v) is 7.85. The lowest BCUT2D eigenvalue weighted by atomic mass is 10.0.